The Morgan fingerprint density at radius 1 is 1.35 bits per heavy atom. The van der Waals surface area contributed by atoms with Gasteiger partial charge in [0.2, 0.25) is 10.0 Å². The molecule has 1 fully saturated rings. The van der Waals surface area contributed by atoms with Gasteiger partial charge in [-0.3, -0.25) is 0 Å². The molecule has 3 atom stereocenters. The van der Waals surface area contributed by atoms with E-state index in [1.165, 1.54) is 19.3 Å². The number of hydrogen-bond donors (Lipinski definition) is 1. The molecule has 0 spiro atoms. The predicted octanol–water partition coefficient (Wildman–Crippen LogP) is 2.61. The lowest BCUT2D eigenvalue weighted by molar-refractivity contribution is 0.257. The van der Waals surface area contributed by atoms with Crippen LogP contribution in [0.5, 0.6) is 0 Å². The highest BCUT2D eigenvalue weighted by atomic mass is 35.5. The standard InChI is InChI=1S/C12H24ClNO2S/c1-10(7-13)9-17(15,16)14-8-12-6-4-3-5-11(12)2/h10-12,14H,3-9H2,1-2H3. The number of rotatable bonds is 6. The van der Waals surface area contributed by atoms with Crippen LogP contribution in [0.25, 0.3) is 0 Å². The van der Waals surface area contributed by atoms with Crippen LogP contribution in [-0.2, 0) is 10.0 Å². The molecule has 1 rings (SSSR count). The Morgan fingerprint density at radius 2 is 2.00 bits per heavy atom. The Hall–Kier alpha value is 0.200. The van der Waals surface area contributed by atoms with Gasteiger partial charge in [0.1, 0.15) is 0 Å². The van der Waals surface area contributed by atoms with Crippen LogP contribution >= 0.6 is 11.6 Å². The van der Waals surface area contributed by atoms with Gasteiger partial charge >= 0.3 is 0 Å². The van der Waals surface area contributed by atoms with Crippen molar-refractivity contribution in [3.63, 3.8) is 0 Å². The Kier molecular flexibility index (Phi) is 6.24. The summed E-state index contributed by atoms with van der Waals surface area (Å²) in [5.41, 5.74) is 0. The zero-order valence-corrected chi connectivity index (χ0v) is 12.4. The molecule has 1 aliphatic carbocycles. The zero-order valence-electron chi connectivity index (χ0n) is 10.8. The summed E-state index contributed by atoms with van der Waals surface area (Å²) < 4.78 is 26.3. The lowest BCUT2D eigenvalue weighted by Gasteiger charge is -2.28. The van der Waals surface area contributed by atoms with Crippen molar-refractivity contribution in [2.75, 3.05) is 18.2 Å². The van der Waals surface area contributed by atoms with Crippen molar-refractivity contribution in [3.8, 4) is 0 Å². The van der Waals surface area contributed by atoms with Gasteiger partial charge in [0, 0.05) is 12.4 Å². The van der Waals surface area contributed by atoms with Crippen LogP contribution in [0.3, 0.4) is 0 Å². The van der Waals surface area contributed by atoms with Crippen molar-refractivity contribution in [2.45, 2.75) is 39.5 Å². The topological polar surface area (TPSA) is 46.2 Å². The Morgan fingerprint density at radius 3 is 2.59 bits per heavy atom. The summed E-state index contributed by atoms with van der Waals surface area (Å²) in [7, 11) is -3.15. The van der Waals surface area contributed by atoms with Gasteiger partial charge in [-0.25, -0.2) is 13.1 Å². The molecule has 0 bridgehead atoms. The zero-order chi connectivity index (χ0) is 12.9. The van der Waals surface area contributed by atoms with Crippen molar-refractivity contribution >= 4 is 21.6 Å². The molecule has 0 aliphatic heterocycles. The summed E-state index contributed by atoms with van der Waals surface area (Å²) >= 11 is 5.64. The molecule has 0 amide bonds. The monoisotopic (exact) mass is 281 g/mol. The Bertz CT molecular complexity index is 318. The number of sulfonamides is 1. The van der Waals surface area contributed by atoms with Gasteiger partial charge in [-0.15, -0.1) is 11.6 Å². The molecule has 0 saturated heterocycles. The summed E-state index contributed by atoms with van der Waals surface area (Å²) in [5, 5.41) is 0. The van der Waals surface area contributed by atoms with Crippen molar-refractivity contribution in [3.05, 3.63) is 0 Å². The summed E-state index contributed by atoms with van der Waals surface area (Å²) in [6, 6.07) is 0. The van der Waals surface area contributed by atoms with E-state index in [9.17, 15) is 8.42 Å². The first kappa shape index (κ1) is 15.3. The first-order chi connectivity index (χ1) is 7.94. The molecule has 1 aliphatic rings. The van der Waals surface area contributed by atoms with Gasteiger partial charge in [-0.1, -0.05) is 33.1 Å². The van der Waals surface area contributed by atoms with Gasteiger partial charge in [0.15, 0.2) is 0 Å². The maximum atomic E-state index is 11.8. The minimum Gasteiger partial charge on any atom is -0.215 e. The Labute approximate surface area is 110 Å². The first-order valence-electron chi connectivity index (χ1n) is 6.48. The molecule has 102 valence electrons. The molecule has 5 heteroatoms. The third-order valence-electron chi connectivity index (χ3n) is 3.62. The number of nitrogens with one attached hydrogen (secondary N) is 1. The van der Waals surface area contributed by atoms with Gasteiger partial charge in [0.05, 0.1) is 5.75 Å². The van der Waals surface area contributed by atoms with E-state index >= 15 is 0 Å². The molecule has 0 aromatic carbocycles. The van der Waals surface area contributed by atoms with E-state index < -0.39 is 10.0 Å². The van der Waals surface area contributed by atoms with Crippen LogP contribution in [0, 0.1) is 17.8 Å². The highest BCUT2D eigenvalue weighted by molar-refractivity contribution is 7.89. The van der Waals surface area contributed by atoms with E-state index in [2.05, 4.69) is 11.6 Å². The molecule has 3 nitrogen and oxygen atoms in total. The predicted molar refractivity (Wildman–Crippen MR) is 72.8 cm³/mol. The fraction of sp³-hybridized carbons (Fsp3) is 1.00. The van der Waals surface area contributed by atoms with E-state index in [4.69, 9.17) is 11.6 Å². The van der Waals surface area contributed by atoms with Crippen LogP contribution in [0.2, 0.25) is 0 Å². The smallest absolute Gasteiger partial charge is 0.211 e. The average Bonchev–Trinajstić information content (AvgIpc) is 2.27. The minimum absolute atomic E-state index is 0.0120. The van der Waals surface area contributed by atoms with Crippen LogP contribution in [0.1, 0.15) is 39.5 Å². The minimum atomic E-state index is -3.15. The van der Waals surface area contributed by atoms with Crippen molar-refractivity contribution in [1.29, 1.82) is 0 Å². The first-order valence-corrected chi connectivity index (χ1v) is 8.66. The van der Waals surface area contributed by atoms with Crippen LogP contribution < -0.4 is 4.72 Å². The normalized spacial score (nSPS) is 27.9. The second-order valence-electron chi connectivity index (χ2n) is 5.41. The molecule has 0 aromatic rings. The lowest BCUT2D eigenvalue weighted by atomic mass is 9.81. The van der Waals surface area contributed by atoms with Gasteiger partial charge < -0.3 is 0 Å². The largest absolute Gasteiger partial charge is 0.215 e. The second kappa shape index (κ2) is 6.95. The summed E-state index contributed by atoms with van der Waals surface area (Å²) in [4.78, 5) is 0. The number of hydrogen-bond acceptors (Lipinski definition) is 2. The fourth-order valence-electron chi connectivity index (χ4n) is 2.41. The average molecular weight is 282 g/mol. The quantitative estimate of drug-likeness (QED) is 0.761. The summed E-state index contributed by atoms with van der Waals surface area (Å²) in [6.45, 7) is 4.67. The molecule has 3 unspecified atom stereocenters. The highest BCUT2D eigenvalue weighted by Crippen LogP contribution is 2.28. The molecular weight excluding hydrogens is 258 g/mol. The molecule has 1 N–H and O–H groups in total. The van der Waals surface area contributed by atoms with Gasteiger partial charge in [0.25, 0.3) is 0 Å². The molecule has 17 heavy (non-hydrogen) atoms. The molecular formula is C12H24ClNO2S. The molecule has 0 heterocycles. The maximum Gasteiger partial charge on any atom is 0.211 e. The van der Waals surface area contributed by atoms with Crippen LogP contribution in [-0.4, -0.2) is 26.6 Å². The van der Waals surface area contributed by atoms with E-state index in [1.807, 2.05) is 6.92 Å². The molecule has 1 saturated carbocycles. The third kappa shape index (κ3) is 5.58. The van der Waals surface area contributed by atoms with Crippen molar-refractivity contribution in [1.82, 2.24) is 4.72 Å². The summed E-state index contributed by atoms with van der Waals surface area (Å²) in [5.74, 6) is 1.68. The van der Waals surface area contributed by atoms with Crippen molar-refractivity contribution in [2.24, 2.45) is 17.8 Å². The SMILES string of the molecule is CC(CCl)CS(=O)(=O)NCC1CCCCC1C. The van der Waals surface area contributed by atoms with E-state index in [-0.39, 0.29) is 11.7 Å². The maximum absolute atomic E-state index is 11.8. The van der Waals surface area contributed by atoms with E-state index in [0.717, 1.165) is 6.42 Å². The second-order valence-corrected chi connectivity index (χ2v) is 7.57. The third-order valence-corrected chi connectivity index (χ3v) is 5.76. The van der Waals surface area contributed by atoms with Gasteiger partial charge in [-0.2, -0.15) is 0 Å². The van der Waals surface area contributed by atoms with Crippen molar-refractivity contribution < 1.29 is 8.42 Å². The number of alkyl halides is 1. The molecule has 0 radical (unpaired) electrons. The van der Waals surface area contributed by atoms with E-state index in [0.29, 0.717) is 24.3 Å². The van der Waals surface area contributed by atoms with E-state index in [1.54, 1.807) is 0 Å². The van der Waals surface area contributed by atoms with Crippen LogP contribution in [0.4, 0.5) is 0 Å². The fourth-order valence-corrected chi connectivity index (χ4v) is 4.10. The van der Waals surface area contributed by atoms with Crippen LogP contribution in [0.15, 0.2) is 0 Å². The molecule has 0 aromatic heterocycles. The lowest BCUT2D eigenvalue weighted by Crippen LogP contribution is -2.36. The summed E-state index contributed by atoms with van der Waals surface area (Å²) in [6.07, 6.45) is 4.89. The number of halogens is 1. The van der Waals surface area contributed by atoms with Gasteiger partial charge in [-0.05, 0) is 24.2 Å². The Balaban J connectivity index is 2.38. The highest BCUT2D eigenvalue weighted by Gasteiger charge is 2.23.